The normalized spacial score (nSPS) is 25.0. The fourth-order valence-corrected chi connectivity index (χ4v) is 4.13. The molecule has 0 saturated carbocycles. The van der Waals surface area contributed by atoms with E-state index in [4.69, 9.17) is 11.6 Å². The van der Waals surface area contributed by atoms with Crippen molar-refractivity contribution in [2.75, 3.05) is 0 Å². The molecule has 0 saturated heterocycles. The molecule has 0 aliphatic heterocycles. The van der Waals surface area contributed by atoms with E-state index < -0.39 is 20.0 Å². The Bertz CT molecular complexity index is 575. The Labute approximate surface area is 113 Å². The molecule has 0 aromatic heterocycles. The summed E-state index contributed by atoms with van der Waals surface area (Å²) < 4.78 is 25.0. The molecule has 1 aliphatic carbocycles. The van der Waals surface area contributed by atoms with E-state index in [1.54, 1.807) is 49.4 Å². The van der Waals surface area contributed by atoms with Gasteiger partial charge >= 0.3 is 0 Å². The number of alkyl halides is 1. The average Bonchev–Trinajstić information content (AvgIpc) is 2.40. The summed E-state index contributed by atoms with van der Waals surface area (Å²) in [6.07, 6.45) is 7.86. The highest BCUT2D eigenvalue weighted by Gasteiger charge is 2.40. The monoisotopic (exact) mass is 282 g/mol. The predicted octanol–water partition coefficient (Wildman–Crippen LogP) is 3.34. The van der Waals surface area contributed by atoms with Crippen LogP contribution >= 0.6 is 11.6 Å². The third kappa shape index (κ3) is 2.38. The predicted molar refractivity (Wildman–Crippen MR) is 74.6 cm³/mol. The third-order valence-corrected chi connectivity index (χ3v) is 6.28. The zero-order valence-electron chi connectivity index (χ0n) is 10.1. The minimum absolute atomic E-state index is 0.320. The number of rotatable bonds is 3. The van der Waals surface area contributed by atoms with E-state index in [1.807, 2.05) is 12.2 Å². The van der Waals surface area contributed by atoms with E-state index in [0.717, 1.165) is 0 Å². The van der Waals surface area contributed by atoms with E-state index in [9.17, 15) is 8.42 Å². The van der Waals surface area contributed by atoms with Gasteiger partial charge < -0.3 is 0 Å². The summed E-state index contributed by atoms with van der Waals surface area (Å²) in [5.74, 6) is 0. The summed E-state index contributed by atoms with van der Waals surface area (Å²) in [5.41, 5.74) is 0. The minimum Gasteiger partial charge on any atom is -0.223 e. The Morgan fingerprint density at radius 2 is 1.89 bits per heavy atom. The maximum atomic E-state index is 12.5. The van der Waals surface area contributed by atoms with Gasteiger partial charge in [0.15, 0.2) is 9.84 Å². The van der Waals surface area contributed by atoms with Crippen LogP contribution in [0.25, 0.3) is 0 Å². The minimum atomic E-state index is -3.41. The second-order valence-corrected chi connectivity index (χ2v) is 7.39. The molecule has 0 fully saturated rings. The molecule has 0 amide bonds. The third-order valence-electron chi connectivity index (χ3n) is 3.26. The SMILES string of the molecule is CC(C1(Cl)C=CC=CC1)S(=O)(=O)c1ccccc1. The summed E-state index contributed by atoms with van der Waals surface area (Å²) in [7, 11) is -3.41. The zero-order valence-corrected chi connectivity index (χ0v) is 11.7. The van der Waals surface area contributed by atoms with Gasteiger partial charge in [0.1, 0.15) is 0 Å². The molecular weight excluding hydrogens is 268 g/mol. The lowest BCUT2D eigenvalue weighted by molar-refractivity contribution is 0.561. The van der Waals surface area contributed by atoms with Crippen molar-refractivity contribution >= 4 is 21.4 Å². The number of hydrogen-bond acceptors (Lipinski definition) is 2. The molecule has 0 heterocycles. The summed E-state index contributed by atoms with van der Waals surface area (Å²) in [5, 5.41) is -0.671. The molecule has 96 valence electrons. The lowest BCUT2D eigenvalue weighted by Gasteiger charge is -2.30. The van der Waals surface area contributed by atoms with Gasteiger partial charge in [0.05, 0.1) is 15.0 Å². The first-order chi connectivity index (χ1) is 8.47. The van der Waals surface area contributed by atoms with E-state index >= 15 is 0 Å². The van der Waals surface area contributed by atoms with Crippen LogP contribution in [0.4, 0.5) is 0 Å². The van der Waals surface area contributed by atoms with Crippen LogP contribution in [0, 0.1) is 0 Å². The van der Waals surface area contributed by atoms with Gasteiger partial charge in [-0.15, -0.1) is 11.6 Å². The molecule has 0 radical (unpaired) electrons. The van der Waals surface area contributed by atoms with Gasteiger partial charge in [-0.2, -0.15) is 0 Å². The summed E-state index contributed by atoms with van der Waals surface area (Å²) >= 11 is 6.44. The quantitative estimate of drug-likeness (QED) is 0.797. The van der Waals surface area contributed by atoms with Crippen LogP contribution in [-0.4, -0.2) is 18.5 Å². The Hall–Kier alpha value is -1.06. The summed E-state index contributed by atoms with van der Waals surface area (Å²) in [6, 6.07) is 8.45. The lowest BCUT2D eigenvalue weighted by atomic mass is 9.97. The van der Waals surface area contributed by atoms with Crippen molar-refractivity contribution in [3.63, 3.8) is 0 Å². The number of sulfone groups is 1. The van der Waals surface area contributed by atoms with Crippen molar-refractivity contribution < 1.29 is 8.42 Å². The maximum absolute atomic E-state index is 12.5. The van der Waals surface area contributed by atoms with Crippen molar-refractivity contribution in [3.8, 4) is 0 Å². The Balaban J connectivity index is 2.37. The zero-order chi connectivity index (χ0) is 13.2. The van der Waals surface area contributed by atoms with Gasteiger partial charge in [-0.3, -0.25) is 0 Å². The van der Waals surface area contributed by atoms with Gasteiger partial charge in [-0.05, 0) is 25.5 Å². The first-order valence-electron chi connectivity index (χ1n) is 5.79. The summed E-state index contributed by atoms with van der Waals surface area (Å²) in [4.78, 5) is -0.538. The standard InChI is InChI=1S/C14H15ClO2S/c1-12(14(15)10-6-3-7-11-14)18(16,17)13-8-4-2-5-9-13/h2-10,12H,11H2,1H3. The lowest BCUT2D eigenvalue weighted by Crippen LogP contribution is -2.39. The maximum Gasteiger partial charge on any atom is 0.183 e. The second kappa shape index (κ2) is 4.90. The molecule has 0 N–H and O–H groups in total. The van der Waals surface area contributed by atoms with Crippen molar-refractivity contribution in [3.05, 3.63) is 54.6 Å². The molecule has 1 aromatic carbocycles. The molecule has 0 bridgehead atoms. The molecule has 0 spiro atoms. The Kier molecular flexibility index (Phi) is 3.64. The largest absolute Gasteiger partial charge is 0.223 e. The van der Waals surface area contributed by atoms with E-state index in [-0.39, 0.29) is 0 Å². The van der Waals surface area contributed by atoms with Crippen LogP contribution in [-0.2, 0) is 9.84 Å². The molecular formula is C14H15ClO2S. The number of hydrogen-bond donors (Lipinski definition) is 0. The van der Waals surface area contributed by atoms with Gasteiger partial charge in [-0.25, -0.2) is 8.42 Å². The van der Waals surface area contributed by atoms with E-state index in [2.05, 4.69) is 0 Å². The Morgan fingerprint density at radius 1 is 1.22 bits per heavy atom. The van der Waals surface area contributed by atoms with Crippen molar-refractivity contribution in [2.24, 2.45) is 0 Å². The fraction of sp³-hybridized carbons (Fsp3) is 0.286. The van der Waals surface area contributed by atoms with Gasteiger partial charge in [-0.1, -0.05) is 42.5 Å². The molecule has 2 rings (SSSR count). The van der Waals surface area contributed by atoms with Crippen LogP contribution in [0.15, 0.2) is 59.5 Å². The molecule has 2 unspecified atom stereocenters. The van der Waals surface area contributed by atoms with Crippen LogP contribution in [0.1, 0.15) is 13.3 Å². The molecule has 2 nitrogen and oxygen atoms in total. The highest BCUT2D eigenvalue weighted by Crippen LogP contribution is 2.35. The highest BCUT2D eigenvalue weighted by atomic mass is 35.5. The number of benzene rings is 1. The van der Waals surface area contributed by atoms with Gasteiger partial charge in [0.25, 0.3) is 0 Å². The average molecular weight is 283 g/mol. The molecule has 1 aromatic rings. The van der Waals surface area contributed by atoms with Gasteiger partial charge in [0.2, 0.25) is 0 Å². The first-order valence-corrected chi connectivity index (χ1v) is 7.71. The topological polar surface area (TPSA) is 34.1 Å². The smallest absolute Gasteiger partial charge is 0.183 e. The second-order valence-electron chi connectivity index (χ2n) is 4.42. The van der Waals surface area contributed by atoms with Crippen LogP contribution in [0.5, 0.6) is 0 Å². The van der Waals surface area contributed by atoms with Crippen LogP contribution in [0.3, 0.4) is 0 Å². The van der Waals surface area contributed by atoms with Crippen molar-refractivity contribution in [1.82, 2.24) is 0 Å². The molecule has 18 heavy (non-hydrogen) atoms. The van der Waals surface area contributed by atoms with Gasteiger partial charge in [0, 0.05) is 0 Å². The highest BCUT2D eigenvalue weighted by molar-refractivity contribution is 7.92. The first kappa shape index (κ1) is 13.4. The molecule has 2 atom stereocenters. The molecule has 4 heteroatoms. The van der Waals surface area contributed by atoms with Crippen LogP contribution in [0.2, 0.25) is 0 Å². The van der Waals surface area contributed by atoms with E-state index in [1.165, 1.54) is 0 Å². The summed E-state index contributed by atoms with van der Waals surface area (Å²) in [6.45, 7) is 1.67. The van der Waals surface area contributed by atoms with Crippen LogP contribution < -0.4 is 0 Å². The number of allylic oxidation sites excluding steroid dienone is 4. The fourth-order valence-electron chi connectivity index (χ4n) is 1.98. The molecule has 1 aliphatic rings. The Morgan fingerprint density at radius 3 is 2.44 bits per heavy atom. The van der Waals surface area contributed by atoms with Crippen molar-refractivity contribution in [1.29, 1.82) is 0 Å². The number of halogens is 1. The van der Waals surface area contributed by atoms with E-state index in [0.29, 0.717) is 11.3 Å². The van der Waals surface area contributed by atoms with Crippen molar-refractivity contribution in [2.45, 2.75) is 28.4 Å².